The van der Waals surface area contributed by atoms with E-state index in [2.05, 4.69) is 43.4 Å². The number of carbonyl (C=O) groups is 2. The summed E-state index contributed by atoms with van der Waals surface area (Å²) >= 11 is 0. The first-order chi connectivity index (χ1) is 13.5. The highest BCUT2D eigenvalue weighted by molar-refractivity contribution is 6.03. The Morgan fingerprint density at radius 1 is 1.00 bits per heavy atom. The molecule has 2 aromatic rings. The predicted octanol–water partition coefficient (Wildman–Crippen LogP) is 4.62. The van der Waals surface area contributed by atoms with Crippen LogP contribution in [0.1, 0.15) is 50.2 Å². The fourth-order valence-corrected chi connectivity index (χ4v) is 3.74. The second kappa shape index (κ2) is 9.54. The smallest absolute Gasteiger partial charge is 0.233 e. The van der Waals surface area contributed by atoms with Crippen molar-refractivity contribution in [3.63, 3.8) is 0 Å². The Bertz CT molecular complexity index is 776. The van der Waals surface area contributed by atoms with Crippen molar-refractivity contribution in [3.8, 4) is 0 Å². The molecule has 1 heterocycles. The van der Waals surface area contributed by atoms with Crippen molar-refractivity contribution in [2.45, 2.75) is 45.4 Å². The molecular weight excluding hydrogens is 348 g/mol. The Hall–Kier alpha value is -2.62. The minimum atomic E-state index is -0.242. The van der Waals surface area contributed by atoms with Crippen LogP contribution in [-0.2, 0) is 16.0 Å². The van der Waals surface area contributed by atoms with Crippen LogP contribution < -0.4 is 5.32 Å². The van der Waals surface area contributed by atoms with E-state index in [1.165, 1.54) is 11.1 Å². The molecule has 1 saturated heterocycles. The average Bonchev–Trinajstić information content (AvgIpc) is 2.69. The Kier molecular flexibility index (Phi) is 6.85. The van der Waals surface area contributed by atoms with E-state index in [1.807, 2.05) is 35.2 Å². The van der Waals surface area contributed by atoms with Gasteiger partial charge in [-0.25, -0.2) is 0 Å². The number of rotatable bonds is 6. The van der Waals surface area contributed by atoms with E-state index in [0.29, 0.717) is 11.8 Å². The standard InChI is InChI=1S/C24H30N2O2/c1-18(2)21-8-10-22(11-9-21)25-23(27)17-24(28)26-14-12-20(13-15-26)16-19-6-4-3-5-7-19/h3-11,18,20H,12-17H2,1-2H3,(H,25,27). The third-order valence-corrected chi connectivity index (χ3v) is 5.51. The van der Waals surface area contributed by atoms with Crippen LogP contribution in [0.5, 0.6) is 0 Å². The Morgan fingerprint density at radius 2 is 1.64 bits per heavy atom. The zero-order chi connectivity index (χ0) is 19.9. The lowest BCUT2D eigenvalue weighted by Gasteiger charge is -2.32. The summed E-state index contributed by atoms with van der Waals surface area (Å²) in [6.07, 6.45) is 2.98. The molecule has 1 N–H and O–H groups in total. The summed E-state index contributed by atoms with van der Waals surface area (Å²) in [5, 5.41) is 2.83. The van der Waals surface area contributed by atoms with E-state index in [0.717, 1.165) is 38.0 Å². The van der Waals surface area contributed by atoms with Crippen LogP contribution in [0.3, 0.4) is 0 Å². The number of piperidine rings is 1. The summed E-state index contributed by atoms with van der Waals surface area (Å²) in [5.74, 6) is 0.749. The van der Waals surface area contributed by atoms with E-state index >= 15 is 0 Å². The van der Waals surface area contributed by atoms with E-state index in [9.17, 15) is 9.59 Å². The number of hydrogen-bond donors (Lipinski definition) is 1. The second-order valence-electron chi connectivity index (χ2n) is 8.02. The molecule has 2 aromatic carbocycles. The number of likely N-dealkylation sites (tertiary alicyclic amines) is 1. The number of hydrogen-bond acceptors (Lipinski definition) is 2. The van der Waals surface area contributed by atoms with Crippen molar-refractivity contribution in [2.24, 2.45) is 5.92 Å². The van der Waals surface area contributed by atoms with Gasteiger partial charge in [-0.1, -0.05) is 56.3 Å². The maximum Gasteiger partial charge on any atom is 0.233 e. The molecule has 3 rings (SSSR count). The van der Waals surface area contributed by atoms with Crippen LogP contribution in [-0.4, -0.2) is 29.8 Å². The maximum atomic E-state index is 12.5. The van der Waals surface area contributed by atoms with Crippen molar-refractivity contribution in [2.75, 3.05) is 18.4 Å². The molecule has 0 radical (unpaired) electrons. The number of anilines is 1. The van der Waals surface area contributed by atoms with Gasteiger partial charge in [-0.15, -0.1) is 0 Å². The molecule has 0 atom stereocenters. The molecule has 0 bridgehead atoms. The lowest BCUT2D eigenvalue weighted by Crippen LogP contribution is -2.40. The minimum absolute atomic E-state index is 0.0746. The van der Waals surface area contributed by atoms with Gasteiger partial charge in [-0.05, 0) is 54.4 Å². The first-order valence-corrected chi connectivity index (χ1v) is 10.2. The molecule has 1 aliphatic rings. The van der Waals surface area contributed by atoms with Gasteiger partial charge in [0.2, 0.25) is 11.8 Å². The van der Waals surface area contributed by atoms with Crippen LogP contribution in [0.15, 0.2) is 54.6 Å². The third kappa shape index (κ3) is 5.69. The van der Waals surface area contributed by atoms with Gasteiger partial charge in [-0.2, -0.15) is 0 Å². The van der Waals surface area contributed by atoms with E-state index in [4.69, 9.17) is 0 Å². The van der Waals surface area contributed by atoms with E-state index in [-0.39, 0.29) is 18.2 Å². The fraction of sp³-hybridized carbons (Fsp3) is 0.417. The summed E-state index contributed by atoms with van der Waals surface area (Å²) < 4.78 is 0. The summed E-state index contributed by atoms with van der Waals surface area (Å²) in [6, 6.07) is 18.3. The number of nitrogens with one attached hydrogen (secondary N) is 1. The van der Waals surface area contributed by atoms with Crippen molar-refractivity contribution >= 4 is 17.5 Å². The van der Waals surface area contributed by atoms with E-state index < -0.39 is 0 Å². The molecule has 0 aliphatic carbocycles. The maximum absolute atomic E-state index is 12.5. The molecule has 0 saturated carbocycles. The SMILES string of the molecule is CC(C)c1ccc(NC(=O)CC(=O)N2CCC(Cc3ccccc3)CC2)cc1. The number of benzene rings is 2. The normalized spacial score (nSPS) is 14.9. The topological polar surface area (TPSA) is 49.4 Å². The molecule has 148 valence electrons. The first kappa shape index (κ1) is 20.1. The van der Waals surface area contributed by atoms with Crippen LogP contribution in [0.25, 0.3) is 0 Å². The number of nitrogens with zero attached hydrogens (tertiary/aromatic N) is 1. The van der Waals surface area contributed by atoms with Gasteiger partial charge in [0.25, 0.3) is 0 Å². The van der Waals surface area contributed by atoms with Gasteiger partial charge in [-0.3, -0.25) is 9.59 Å². The Balaban J connectivity index is 1.43. The van der Waals surface area contributed by atoms with Crippen molar-refractivity contribution in [1.82, 2.24) is 4.90 Å². The summed E-state index contributed by atoms with van der Waals surface area (Å²) in [6.45, 7) is 5.75. The molecule has 4 heteroatoms. The van der Waals surface area contributed by atoms with Crippen molar-refractivity contribution in [1.29, 1.82) is 0 Å². The highest BCUT2D eigenvalue weighted by Gasteiger charge is 2.24. The lowest BCUT2D eigenvalue weighted by molar-refractivity contribution is -0.135. The molecule has 0 unspecified atom stereocenters. The third-order valence-electron chi connectivity index (χ3n) is 5.51. The van der Waals surface area contributed by atoms with Gasteiger partial charge in [0, 0.05) is 18.8 Å². The van der Waals surface area contributed by atoms with Crippen LogP contribution in [0.4, 0.5) is 5.69 Å². The lowest BCUT2D eigenvalue weighted by atomic mass is 9.90. The molecule has 0 spiro atoms. The molecule has 2 amide bonds. The van der Waals surface area contributed by atoms with Crippen LogP contribution in [0.2, 0.25) is 0 Å². The minimum Gasteiger partial charge on any atom is -0.342 e. The molecule has 0 aromatic heterocycles. The van der Waals surface area contributed by atoms with Crippen LogP contribution in [0, 0.1) is 5.92 Å². The van der Waals surface area contributed by atoms with Gasteiger partial charge < -0.3 is 10.2 Å². The summed E-state index contributed by atoms with van der Waals surface area (Å²) in [4.78, 5) is 26.5. The van der Waals surface area contributed by atoms with Crippen LogP contribution >= 0.6 is 0 Å². The first-order valence-electron chi connectivity index (χ1n) is 10.2. The van der Waals surface area contributed by atoms with Crippen molar-refractivity contribution < 1.29 is 9.59 Å². The second-order valence-corrected chi connectivity index (χ2v) is 8.02. The Morgan fingerprint density at radius 3 is 2.25 bits per heavy atom. The molecule has 4 nitrogen and oxygen atoms in total. The number of amides is 2. The Labute approximate surface area is 167 Å². The summed E-state index contributed by atoms with van der Waals surface area (Å²) in [5.41, 5.74) is 3.33. The molecule has 1 fully saturated rings. The summed E-state index contributed by atoms with van der Waals surface area (Å²) in [7, 11) is 0. The fourth-order valence-electron chi connectivity index (χ4n) is 3.74. The number of carbonyl (C=O) groups excluding carboxylic acids is 2. The monoisotopic (exact) mass is 378 g/mol. The van der Waals surface area contributed by atoms with Gasteiger partial charge in [0.1, 0.15) is 6.42 Å². The van der Waals surface area contributed by atoms with Crippen molar-refractivity contribution in [3.05, 3.63) is 65.7 Å². The van der Waals surface area contributed by atoms with Gasteiger partial charge in [0.15, 0.2) is 0 Å². The molecule has 28 heavy (non-hydrogen) atoms. The molecular formula is C24H30N2O2. The molecule has 1 aliphatic heterocycles. The highest BCUT2D eigenvalue weighted by atomic mass is 16.2. The van der Waals surface area contributed by atoms with Gasteiger partial charge in [0.05, 0.1) is 0 Å². The van der Waals surface area contributed by atoms with E-state index in [1.54, 1.807) is 0 Å². The predicted molar refractivity (Wildman–Crippen MR) is 113 cm³/mol. The zero-order valence-electron chi connectivity index (χ0n) is 16.9. The quantitative estimate of drug-likeness (QED) is 0.746. The average molecular weight is 379 g/mol. The van der Waals surface area contributed by atoms with Gasteiger partial charge >= 0.3 is 0 Å². The highest BCUT2D eigenvalue weighted by Crippen LogP contribution is 2.22. The largest absolute Gasteiger partial charge is 0.342 e. The zero-order valence-corrected chi connectivity index (χ0v) is 16.9.